The molecule has 6 N–H and O–H groups in total. The molecule has 0 fully saturated rings. The number of hydrazone groups is 2. The van der Waals surface area contributed by atoms with Crippen LogP contribution in [-0.4, -0.2) is 35.9 Å². The lowest BCUT2D eigenvalue weighted by molar-refractivity contribution is 0.266. The summed E-state index contributed by atoms with van der Waals surface area (Å²) in [4.78, 5) is 0. The first kappa shape index (κ1) is 23.0. The van der Waals surface area contributed by atoms with Crippen LogP contribution in [0.4, 0.5) is 0 Å². The number of thiocarbonyl (C=S) groups is 2. The third kappa shape index (κ3) is 8.84. The van der Waals surface area contributed by atoms with Crippen molar-refractivity contribution in [3.05, 3.63) is 59.7 Å². The smallest absolute Gasteiger partial charge is 0.184 e. The van der Waals surface area contributed by atoms with Crippen LogP contribution in [0.5, 0.6) is 11.5 Å². The van der Waals surface area contributed by atoms with Gasteiger partial charge in [0.05, 0.1) is 25.6 Å². The summed E-state index contributed by atoms with van der Waals surface area (Å²) >= 11 is 9.44. The zero-order chi connectivity index (χ0) is 21.6. The zero-order valence-electron chi connectivity index (χ0n) is 16.3. The molecule has 0 amide bonds. The largest absolute Gasteiger partial charge is 0.493 e. The molecule has 0 spiro atoms. The van der Waals surface area contributed by atoms with E-state index in [0.29, 0.717) is 13.2 Å². The molecule has 30 heavy (non-hydrogen) atoms. The summed E-state index contributed by atoms with van der Waals surface area (Å²) < 4.78 is 11.7. The van der Waals surface area contributed by atoms with E-state index in [9.17, 15) is 0 Å². The fraction of sp³-hybridized carbons (Fsp3) is 0.200. The zero-order valence-corrected chi connectivity index (χ0v) is 17.9. The molecule has 0 radical (unpaired) electrons. The van der Waals surface area contributed by atoms with Crippen molar-refractivity contribution in [1.82, 2.24) is 10.9 Å². The number of ether oxygens (including phenoxy) is 2. The average Bonchev–Trinajstić information content (AvgIpc) is 2.72. The van der Waals surface area contributed by atoms with Gasteiger partial charge in [-0.05, 0) is 61.5 Å². The molecule has 0 aromatic heterocycles. The number of hydrogen-bond donors (Lipinski definition) is 4. The molecule has 2 rings (SSSR count). The lowest BCUT2D eigenvalue weighted by Crippen LogP contribution is -2.24. The van der Waals surface area contributed by atoms with Gasteiger partial charge < -0.3 is 20.9 Å². The van der Waals surface area contributed by atoms with Gasteiger partial charge in [-0.3, -0.25) is 10.9 Å². The summed E-state index contributed by atoms with van der Waals surface area (Å²) in [5.74, 6) is 1.47. The molecular formula is C20H24N6O2S2. The molecule has 0 bridgehead atoms. The van der Waals surface area contributed by atoms with Crippen LogP contribution in [0.1, 0.15) is 24.0 Å². The van der Waals surface area contributed by atoms with Gasteiger partial charge in [0.15, 0.2) is 10.2 Å². The van der Waals surface area contributed by atoms with E-state index in [-0.39, 0.29) is 10.2 Å². The van der Waals surface area contributed by atoms with E-state index in [1.54, 1.807) is 12.4 Å². The Bertz CT molecular complexity index is 831. The van der Waals surface area contributed by atoms with Crippen molar-refractivity contribution in [2.75, 3.05) is 13.2 Å². The van der Waals surface area contributed by atoms with Crippen molar-refractivity contribution in [3.63, 3.8) is 0 Å². The van der Waals surface area contributed by atoms with Gasteiger partial charge in [0.1, 0.15) is 11.5 Å². The van der Waals surface area contributed by atoms with Crippen LogP contribution in [0.25, 0.3) is 0 Å². The molecule has 158 valence electrons. The maximum absolute atomic E-state index is 5.85. The number of unbranched alkanes of at least 4 members (excludes halogenated alkanes) is 1. The Morgan fingerprint density at radius 2 is 1.17 bits per heavy atom. The SMILES string of the molecule is NC(=S)N/N=C/c1ccccc1OCCCCOc1ccccc1/C=N/NC(N)=S. The van der Waals surface area contributed by atoms with Crippen molar-refractivity contribution in [3.8, 4) is 11.5 Å². The molecule has 0 aliphatic carbocycles. The first-order valence-electron chi connectivity index (χ1n) is 9.17. The third-order valence-corrected chi connectivity index (χ3v) is 3.83. The van der Waals surface area contributed by atoms with Crippen LogP contribution in [-0.2, 0) is 0 Å². The first-order chi connectivity index (χ1) is 14.6. The number of nitrogens with zero attached hydrogens (tertiary/aromatic N) is 2. The molecule has 0 heterocycles. The Morgan fingerprint density at radius 1 is 0.767 bits per heavy atom. The third-order valence-electron chi connectivity index (χ3n) is 3.65. The molecule has 0 atom stereocenters. The number of nitrogens with one attached hydrogen (secondary N) is 2. The normalized spacial score (nSPS) is 10.8. The first-order valence-corrected chi connectivity index (χ1v) is 9.98. The van der Waals surface area contributed by atoms with Crippen molar-refractivity contribution in [2.45, 2.75) is 12.8 Å². The lowest BCUT2D eigenvalue weighted by atomic mass is 10.2. The molecule has 10 heteroatoms. The van der Waals surface area contributed by atoms with Gasteiger partial charge in [0.25, 0.3) is 0 Å². The molecule has 0 unspecified atom stereocenters. The number of benzene rings is 2. The van der Waals surface area contributed by atoms with Gasteiger partial charge >= 0.3 is 0 Å². The molecular weight excluding hydrogens is 420 g/mol. The van der Waals surface area contributed by atoms with E-state index >= 15 is 0 Å². The van der Waals surface area contributed by atoms with E-state index in [1.807, 2.05) is 48.5 Å². The minimum Gasteiger partial charge on any atom is -0.493 e. The Labute approximate surface area is 186 Å². The standard InChI is InChI=1S/C20H24N6O2S2/c21-19(29)25-23-13-15-7-1-3-9-17(15)27-11-5-6-12-28-18-10-4-2-8-16(18)14-24-26-20(22)30/h1-4,7-10,13-14H,5-6,11-12H2,(H3,21,25,29)(H3,22,26,30)/b23-13+,24-14+. The monoisotopic (exact) mass is 444 g/mol. The highest BCUT2D eigenvalue weighted by molar-refractivity contribution is 7.80. The Kier molecular flexibility index (Phi) is 10.0. The highest BCUT2D eigenvalue weighted by Crippen LogP contribution is 2.18. The van der Waals surface area contributed by atoms with E-state index < -0.39 is 0 Å². The molecule has 0 saturated heterocycles. The van der Waals surface area contributed by atoms with Gasteiger partial charge in [-0.15, -0.1) is 0 Å². The summed E-state index contributed by atoms with van der Waals surface area (Å²) in [5.41, 5.74) is 17.4. The minimum absolute atomic E-state index is 0.108. The second kappa shape index (κ2) is 13.1. The van der Waals surface area contributed by atoms with E-state index in [1.165, 1.54) is 0 Å². The molecule has 0 saturated carbocycles. The Balaban J connectivity index is 1.76. The van der Waals surface area contributed by atoms with Gasteiger partial charge in [-0.2, -0.15) is 10.2 Å². The number of rotatable bonds is 11. The lowest BCUT2D eigenvalue weighted by Gasteiger charge is -2.10. The quantitative estimate of drug-likeness (QED) is 0.180. The number of nitrogens with two attached hydrogens (primary N) is 2. The van der Waals surface area contributed by atoms with Gasteiger partial charge in [0, 0.05) is 11.1 Å². The van der Waals surface area contributed by atoms with E-state index in [2.05, 4.69) is 21.1 Å². The summed E-state index contributed by atoms with van der Waals surface area (Å²) in [6, 6.07) is 15.2. The second-order valence-electron chi connectivity index (χ2n) is 5.95. The average molecular weight is 445 g/mol. The second-order valence-corrected chi connectivity index (χ2v) is 6.83. The Morgan fingerprint density at radius 3 is 1.57 bits per heavy atom. The highest BCUT2D eigenvalue weighted by atomic mass is 32.1. The van der Waals surface area contributed by atoms with Crippen molar-refractivity contribution in [2.24, 2.45) is 21.7 Å². The number of para-hydroxylation sites is 2. The minimum atomic E-state index is 0.108. The summed E-state index contributed by atoms with van der Waals surface area (Å²) in [7, 11) is 0. The fourth-order valence-electron chi connectivity index (χ4n) is 2.34. The van der Waals surface area contributed by atoms with Crippen molar-refractivity contribution in [1.29, 1.82) is 0 Å². The Hall–Kier alpha value is -3.24. The maximum Gasteiger partial charge on any atom is 0.184 e. The predicted molar refractivity (Wildman–Crippen MR) is 128 cm³/mol. The number of hydrogen-bond acceptors (Lipinski definition) is 6. The van der Waals surface area contributed by atoms with Crippen molar-refractivity contribution >= 4 is 47.1 Å². The summed E-state index contributed by atoms with van der Waals surface area (Å²) in [5, 5.41) is 8.14. The van der Waals surface area contributed by atoms with E-state index in [4.69, 9.17) is 45.4 Å². The van der Waals surface area contributed by atoms with Crippen LogP contribution >= 0.6 is 24.4 Å². The van der Waals surface area contributed by atoms with Crippen LogP contribution in [0.3, 0.4) is 0 Å². The van der Waals surface area contributed by atoms with E-state index in [0.717, 1.165) is 35.5 Å². The van der Waals surface area contributed by atoms with Crippen LogP contribution in [0.15, 0.2) is 58.7 Å². The molecule has 8 nitrogen and oxygen atoms in total. The van der Waals surface area contributed by atoms with Gasteiger partial charge in [0.2, 0.25) is 0 Å². The highest BCUT2D eigenvalue weighted by Gasteiger charge is 2.02. The summed E-state index contributed by atoms with van der Waals surface area (Å²) in [6.07, 6.45) is 4.89. The van der Waals surface area contributed by atoms with Crippen LogP contribution < -0.4 is 31.8 Å². The van der Waals surface area contributed by atoms with Gasteiger partial charge in [-0.1, -0.05) is 24.3 Å². The molecule has 0 aliphatic rings. The van der Waals surface area contributed by atoms with Crippen LogP contribution in [0.2, 0.25) is 0 Å². The predicted octanol–water partition coefficient (Wildman–Crippen LogP) is 2.26. The molecule has 0 aliphatic heterocycles. The topological polar surface area (TPSA) is 119 Å². The van der Waals surface area contributed by atoms with Crippen molar-refractivity contribution < 1.29 is 9.47 Å². The molecule has 2 aromatic rings. The maximum atomic E-state index is 5.85. The fourth-order valence-corrected chi connectivity index (χ4v) is 2.44. The van der Waals surface area contributed by atoms with Gasteiger partial charge in [-0.25, -0.2) is 0 Å². The molecule has 2 aromatic carbocycles. The summed E-state index contributed by atoms with van der Waals surface area (Å²) in [6.45, 7) is 1.11. The van der Waals surface area contributed by atoms with Crippen LogP contribution in [0, 0.1) is 0 Å².